The quantitative estimate of drug-likeness (QED) is 0.141. The van der Waals surface area contributed by atoms with Gasteiger partial charge in [-0.15, -0.1) is 0 Å². The molecule has 0 aromatic carbocycles. The van der Waals surface area contributed by atoms with Gasteiger partial charge < -0.3 is 79.2 Å². The fourth-order valence-electron chi connectivity index (χ4n) is 0. The number of aliphatic hydroxyl groups excluding tert-OH is 8. The molecule has 17 heteroatoms. The molecule has 0 bridgehead atoms. The Morgan fingerprint density at radius 3 is 0.280 bits per heavy atom. The van der Waals surface area contributed by atoms with Crippen molar-refractivity contribution in [2.24, 2.45) is 0 Å². The van der Waals surface area contributed by atoms with Crippen LogP contribution >= 0.6 is 0 Å². The van der Waals surface area contributed by atoms with E-state index < -0.39 is 0 Å². The predicted octanol–water partition coefficient (Wildman–Crippen LogP) is -3.11. The van der Waals surface area contributed by atoms with Gasteiger partial charge in [-0.2, -0.15) is 0 Å². The topological polar surface area (TPSA) is 298 Å². The van der Waals surface area contributed by atoms with Crippen LogP contribution in [0, 0.1) is 0 Å². The van der Waals surface area contributed by atoms with Gasteiger partial charge in [-0.05, 0) is 0 Å². The van der Waals surface area contributed by atoms with Crippen LogP contribution in [0.25, 0.3) is 0 Å². The van der Waals surface area contributed by atoms with E-state index in [-0.39, 0.29) is 17.1 Å². The van der Waals surface area contributed by atoms with Gasteiger partial charge in [-0.1, -0.05) is 51.8 Å². The van der Waals surface area contributed by atoms with Crippen molar-refractivity contribution in [3.63, 3.8) is 0 Å². The van der Waals surface area contributed by atoms with Crippen LogP contribution in [0.5, 0.6) is 0 Å². The first-order chi connectivity index (χ1) is 11.3. The van der Waals surface area contributed by atoms with E-state index in [2.05, 4.69) is 0 Å². The first kappa shape index (κ1) is 58.0. The van der Waals surface area contributed by atoms with Crippen LogP contribution in [0.1, 0.15) is 0 Å². The SMILES string of the molecule is O=[C-]O.O=[C-]O.O=[C-]O.O=[C-]O.O=[C-]O.O=[C-]O.O=[C-]O.O=[C-]O.[Cu]. The summed E-state index contributed by atoms with van der Waals surface area (Å²) >= 11 is 0. The van der Waals surface area contributed by atoms with Crippen molar-refractivity contribution in [3.05, 3.63) is 0 Å². The zero-order chi connectivity index (χ0) is 21.7. The third-order valence-corrected chi connectivity index (χ3v) is 0. The van der Waals surface area contributed by atoms with Crippen molar-refractivity contribution < 1.29 is 96.3 Å². The smallest absolute Gasteiger partial charge is 0 e. The van der Waals surface area contributed by atoms with E-state index >= 15 is 0 Å². The molecule has 0 atom stereocenters. The van der Waals surface area contributed by atoms with Gasteiger partial charge in [0.05, 0.1) is 0 Å². The molecule has 8 N–H and O–H groups in total. The normalized spacial score (nSPS) is 3.84. The summed E-state index contributed by atoms with van der Waals surface area (Å²) in [4.78, 5) is 65.9. The van der Waals surface area contributed by atoms with Gasteiger partial charge in [0.15, 0.2) is 0 Å². The Kier molecular flexibility index (Phi) is 956. The van der Waals surface area contributed by atoms with E-state index in [0.717, 1.165) is 0 Å². The van der Waals surface area contributed by atoms with Gasteiger partial charge in [-0.3, -0.25) is 0 Å². The molecular formula is C8H8CuO16-8. The van der Waals surface area contributed by atoms with Crippen molar-refractivity contribution in [2.45, 2.75) is 0 Å². The molecule has 0 saturated heterocycles. The van der Waals surface area contributed by atoms with Crippen LogP contribution in [-0.2, 0) is 55.4 Å². The van der Waals surface area contributed by atoms with E-state index in [1.165, 1.54) is 0 Å². The first-order valence-electron chi connectivity index (χ1n) is 3.42. The maximum atomic E-state index is 8.24. The molecule has 0 spiro atoms. The summed E-state index contributed by atoms with van der Waals surface area (Å²) in [7, 11) is 0. The fourth-order valence-corrected chi connectivity index (χ4v) is 0. The molecule has 0 saturated carbocycles. The molecule has 1 radical (unpaired) electrons. The van der Waals surface area contributed by atoms with E-state index in [1.54, 1.807) is 0 Å². The Morgan fingerprint density at radius 2 is 0.280 bits per heavy atom. The third kappa shape index (κ3) is 490. The Labute approximate surface area is 149 Å². The number of rotatable bonds is 0. The average Bonchev–Trinajstić information content (AvgIpc) is 2.45. The monoisotopic (exact) mass is 423 g/mol. The van der Waals surface area contributed by atoms with Crippen LogP contribution in [0.3, 0.4) is 0 Å². The van der Waals surface area contributed by atoms with Crippen LogP contribution in [0.4, 0.5) is 0 Å². The number of hydrogen-bond acceptors (Lipinski definition) is 8. The predicted molar refractivity (Wildman–Crippen MR) is 66.6 cm³/mol. The minimum Gasteiger partial charge on any atom is -0.665 e. The standard InChI is InChI=1S/8CHO2.Cu/c8*2-1-3;/h8*(H,2,3);/q8*-1;. The van der Waals surface area contributed by atoms with E-state index in [0.29, 0.717) is 51.8 Å². The molecule has 0 aliphatic rings. The van der Waals surface area contributed by atoms with Gasteiger partial charge in [0.25, 0.3) is 0 Å². The average molecular weight is 424 g/mol. The zero-order valence-electron chi connectivity index (χ0n) is 11.1. The molecule has 0 aromatic heterocycles. The molecule has 0 aromatic rings. The summed E-state index contributed by atoms with van der Waals surface area (Å²) in [6, 6.07) is 0. The molecule has 0 unspecified atom stereocenters. The first-order valence-corrected chi connectivity index (χ1v) is 3.42. The van der Waals surface area contributed by atoms with Crippen LogP contribution in [0.2, 0.25) is 0 Å². The second kappa shape index (κ2) is 412. The van der Waals surface area contributed by atoms with E-state index in [4.69, 9.17) is 79.2 Å². The molecule has 0 aliphatic carbocycles. The molecule has 0 fully saturated rings. The Bertz CT molecular complexity index is 160. The molecule has 16 nitrogen and oxygen atoms in total. The summed E-state index contributed by atoms with van der Waals surface area (Å²) < 4.78 is 0. The van der Waals surface area contributed by atoms with Crippen LogP contribution in [-0.4, -0.2) is 92.6 Å². The van der Waals surface area contributed by atoms with Gasteiger partial charge in [0, 0.05) is 17.1 Å². The molecule has 155 valence electrons. The van der Waals surface area contributed by atoms with Crippen molar-refractivity contribution in [1.29, 1.82) is 0 Å². The Morgan fingerprint density at radius 1 is 0.280 bits per heavy atom. The number of hydrogen-bond donors (Lipinski definition) is 8. The Hall–Kier alpha value is -3.72. The van der Waals surface area contributed by atoms with Crippen LogP contribution in [0.15, 0.2) is 0 Å². The van der Waals surface area contributed by atoms with Gasteiger partial charge in [0.1, 0.15) is 0 Å². The van der Waals surface area contributed by atoms with Gasteiger partial charge in [0.2, 0.25) is 0 Å². The Balaban J connectivity index is -0.0000000166. The van der Waals surface area contributed by atoms with Crippen molar-refractivity contribution >= 4 is 51.8 Å². The van der Waals surface area contributed by atoms with E-state index in [9.17, 15) is 0 Å². The molecule has 0 rings (SSSR count). The molecule has 0 amide bonds. The molecule has 25 heavy (non-hydrogen) atoms. The second-order valence-electron chi connectivity index (χ2n) is 0.730. The molecule has 0 aliphatic heterocycles. The van der Waals surface area contributed by atoms with Crippen molar-refractivity contribution in [1.82, 2.24) is 0 Å². The maximum Gasteiger partial charge on any atom is 0 e. The summed E-state index contributed by atoms with van der Waals surface area (Å²) in [5, 5.41) is 54.1. The van der Waals surface area contributed by atoms with E-state index in [1.807, 2.05) is 0 Å². The van der Waals surface area contributed by atoms with Crippen molar-refractivity contribution in [2.75, 3.05) is 0 Å². The largest absolute Gasteiger partial charge is 0.665 e. The maximum absolute atomic E-state index is 8.24. The molecule has 0 heterocycles. The minimum atomic E-state index is 0. The summed E-state index contributed by atoms with van der Waals surface area (Å²) in [5.41, 5.74) is 0. The summed E-state index contributed by atoms with van der Waals surface area (Å²) in [6.07, 6.45) is 0. The minimum absolute atomic E-state index is 0. The summed E-state index contributed by atoms with van der Waals surface area (Å²) in [6.45, 7) is 4.00. The second-order valence-corrected chi connectivity index (χ2v) is 0.730. The molecular weight excluding hydrogens is 416 g/mol. The third-order valence-electron chi connectivity index (χ3n) is 0. The van der Waals surface area contributed by atoms with Gasteiger partial charge >= 0.3 is 0 Å². The zero-order valence-corrected chi connectivity index (χ0v) is 12.1. The summed E-state index contributed by atoms with van der Waals surface area (Å²) in [5.74, 6) is 0. The van der Waals surface area contributed by atoms with Gasteiger partial charge in [-0.25, -0.2) is 0 Å². The van der Waals surface area contributed by atoms with Crippen molar-refractivity contribution in [3.8, 4) is 0 Å². The van der Waals surface area contributed by atoms with Crippen LogP contribution < -0.4 is 0 Å². The fraction of sp³-hybridized carbons (Fsp3) is 0.